The smallest absolute Gasteiger partial charge is 0.251 e. The Bertz CT molecular complexity index is 526. The van der Waals surface area contributed by atoms with Gasteiger partial charge in [-0.3, -0.25) is 0 Å². The summed E-state index contributed by atoms with van der Waals surface area (Å²) in [5, 5.41) is 1.72. The Labute approximate surface area is 119 Å². The van der Waals surface area contributed by atoms with Crippen LogP contribution in [0.15, 0.2) is 20.1 Å². The largest absolute Gasteiger partial charge is 0.348 e. The monoisotopic (exact) mass is 355 g/mol. The molecule has 8 heteroatoms. The van der Waals surface area contributed by atoms with Crippen molar-refractivity contribution in [2.45, 2.75) is 29.9 Å². The lowest BCUT2D eigenvalue weighted by Crippen LogP contribution is -2.34. The van der Waals surface area contributed by atoms with E-state index in [0.717, 1.165) is 0 Å². The quantitative estimate of drug-likeness (QED) is 0.896. The first kappa shape index (κ1) is 14.4. The van der Waals surface area contributed by atoms with E-state index in [-0.39, 0.29) is 16.9 Å². The Morgan fingerprint density at radius 3 is 2.83 bits per heavy atom. The fourth-order valence-electron chi connectivity index (χ4n) is 1.60. The van der Waals surface area contributed by atoms with Crippen LogP contribution < -0.4 is 4.72 Å². The first-order valence-electron chi connectivity index (χ1n) is 5.35. The molecular formula is C10H14BrNO4S2. The minimum Gasteiger partial charge on any atom is -0.348 e. The lowest BCUT2D eigenvalue weighted by atomic mass is 10.4. The van der Waals surface area contributed by atoms with E-state index in [2.05, 4.69) is 20.7 Å². The molecule has 2 rings (SSSR count). The molecule has 18 heavy (non-hydrogen) atoms. The van der Waals surface area contributed by atoms with Crippen molar-refractivity contribution in [1.82, 2.24) is 4.72 Å². The molecule has 1 fully saturated rings. The van der Waals surface area contributed by atoms with Crippen molar-refractivity contribution in [2.75, 3.05) is 13.2 Å². The van der Waals surface area contributed by atoms with Gasteiger partial charge in [-0.25, -0.2) is 13.1 Å². The standard InChI is InChI=1S/C10H14BrNO4S2/c1-10(2)15-6-7(16-10)5-12-18(13,14)9-8(11)3-4-17-9/h3-4,7,12H,5-6H2,1-2H3. The zero-order valence-corrected chi connectivity index (χ0v) is 13.2. The van der Waals surface area contributed by atoms with Crippen molar-refractivity contribution in [3.8, 4) is 0 Å². The SMILES string of the molecule is CC1(C)OCC(CNS(=O)(=O)c2sccc2Br)O1. The molecule has 1 aliphatic heterocycles. The topological polar surface area (TPSA) is 64.6 Å². The first-order valence-corrected chi connectivity index (χ1v) is 8.50. The van der Waals surface area contributed by atoms with Crippen molar-refractivity contribution in [3.63, 3.8) is 0 Å². The number of hydrogen-bond donors (Lipinski definition) is 1. The number of thiophene rings is 1. The fraction of sp³-hybridized carbons (Fsp3) is 0.600. The molecule has 0 aromatic carbocycles. The maximum atomic E-state index is 12.0. The van der Waals surface area contributed by atoms with Crippen molar-refractivity contribution in [3.05, 3.63) is 15.9 Å². The van der Waals surface area contributed by atoms with Crippen molar-refractivity contribution in [2.24, 2.45) is 0 Å². The molecule has 2 heterocycles. The van der Waals surface area contributed by atoms with Gasteiger partial charge in [0.05, 0.1) is 12.7 Å². The van der Waals surface area contributed by atoms with Gasteiger partial charge in [0.2, 0.25) is 0 Å². The predicted molar refractivity (Wildman–Crippen MR) is 72.1 cm³/mol. The van der Waals surface area contributed by atoms with E-state index in [0.29, 0.717) is 11.1 Å². The zero-order valence-electron chi connectivity index (χ0n) is 9.97. The van der Waals surface area contributed by atoms with Gasteiger partial charge in [0.1, 0.15) is 4.21 Å². The van der Waals surface area contributed by atoms with E-state index in [1.165, 1.54) is 11.3 Å². The number of hydrogen-bond acceptors (Lipinski definition) is 5. The highest BCUT2D eigenvalue weighted by atomic mass is 79.9. The Morgan fingerprint density at radius 1 is 1.61 bits per heavy atom. The molecule has 1 unspecified atom stereocenters. The van der Waals surface area contributed by atoms with Crippen LogP contribution in [0, 0.1) is 0 Å². The Balaban J connectivity index is 1.97. The van der Waals surface area contributed by atoms with Crippen LogP contribution in [0.3, 0.4) is 0 Å². The molecule has 1 aromatic heterocycles. The summed E-state index contributed by atoms with van der Waals surface area (Å²) in [6.07, 6.45) is -0.256. The number of nitrogens with one attached hydrogen (secondary N) is 1. The third-order valence-electron chi connectivity index (χ3n) is 2.40. The van der Waals surface area contributed by atoms with Crippen LogP contribution in [0.1, 0.15) is 13.8 Å². The molecule has 1 aliphatic rings. The minimum absolute atomic E-state index is 0.204. The summed E-state index contributed by atoms with van der Waals surface area (Å²) in [5.41, 5.74) is 0. The maximum Gasteiger partial charge on any atom is 0.251 e. The van der Waals surface area contributed by atoms with Gasteiger partial charge in [0.25, 0.3) is 10.0 Å². The van der Waals surface area contributed by atoms with Gasteiger partial charge in [-0.1, -0.05) is 0 Å². The van der Waals surface area contributed by atoms with Crippen LogP contribution in [-0.2, 0) is 19.5 Å². The summed E-state index contributed by atoms with van der Waals surface area (Å²) < 4.78 is 38.3. The molecule has 0 radical (unpaired) electrons. The number of halogens is 1. The number of sulfonamides is 1. The van der Waals surface area contributed by atoms with E-state index in [1.54, 1.807) is 25.3 Å². The second-order valence-electron chi connectivity index (χ2n) is 4.36. The van der Waals surface area contributed by atoms with Crippen LogP contribution in [-0.4, -0.2) is 33.5 Å². The highest BCUT2D eigenvalue weighted by molar-refractivity contribution is 9.10. The Kier molecular flexibility index (Phi) is 4.15. The molecular weight excluding hydrogens is 342 g/mol. The summed E-state index contributed by atoms with van der Waals surface area (Å²) in [6.45, 7) is 4.20. The average molecular weight is 356 g/mol. The van der Waals surface area contributed by atoms with Gasteiger partial charge in [0, 0.05) is 11.0 Å². The zero-order chi connectivity index (χ0) is 13.4. The summed E-state index contributed by atoms with van der Waals surface area (Å²) in [6, 6.07) is 1.71. The normalized spacial score (nSPS) is 23.4. The van der Waals surface area contributed by atoms with Gasteiger partial charge in [-0.15, -0.1) is 11.3 Å². The molecule has 0 aliphatic carbocycles. The van der Waals surface area contributed by atoms with Gasteiger partial charge >= 0.3 is 0 Å². The molecule has 102 valence electrons. The molecule has 0 saturated carbocycles. The third-order valence-corrected chi connectivity index (χ3v) is 6.49. The van der Waals surface area contributed by atoms with E-state index in [9.17, 15) is 8.42 Å². The van der Waals surface area contributed by atoms with Crippen LogP contribution in [0.2, 0.25) is 0 Å². The molecule has 1 aromatic rings. The van der Waals surface area contributed by atoms with Crippen LogP contribution in [0.25, 0.3) is 0 Å². The van der Waals surface area contributed by atoms with Gasteiger partial charge in [0.15, 0.2) is 5.79 Å². The maximum absolute atomic E-state index is 12.0. The van der Waals surface area contributed by atoms with Crippen molar-refractivity contribution in [1.29, 1.82) is 0 Å². The highest BCUT2D eigenvalue weighted by Crippen LogP contribution is 2.27. The van der Waals surface area contributed by atoms with Crippen molar-refractivity contribution >= 4 is 37.3 Å². The molecule has 0 amide bonds. The van der Waals surface area contributed by atoms with Crippen LogP contribution in [0.5, 0.6) is 0 Å². The summed E-state index contributed by atoms with van der Waals surface area (Å²) >= 11 is 4.38. The van der Waals surface area contributed by atoms with Gasteiger partial charge in [-0.2, -0.15) is 0 Å². The highest BCUT2D eigenvalue weighted by Gasteiger charge is 2.33. The van der Waals surface area contributed by atoms with Crippen molar-refractivity contribution < 1.29 is 17.9 Å². The molecule has 0 spiro atoms. The lowest BCUT2D eigenvalue weighted by molar-refractivity contribution is -0.137. The Morgan fingerprint density at radius 2 is 2.33 bits per heavy atom. The van der Waals surface area contributed by atoms with Gasteiger partial charge in [-0.05, 0) is 41.2 Å². The second kappa shape index (κ2) is 5.18. The Hall–Kier alpha value is 0.01000. The number of ether oxygens (including phenoxy) is 2. The second-order valence-corrected chi connectivity index (χ2v) is 8.09. The molecule has 0 bridgehead atoms. The number of rotatable bonds is 4. The van der Waals surface area contributed by atoms with E-state index < -0.39 is 15.8 Å². The van der Waals surface area contributed by atoms with E-state index in [4.69, 9.17) is 9.47 Å². The lowest BCUT2D eigenvalue weighted by Gasteiger charge is -2.17. The first-order chi connectivity index (χ1) is 8.30. The molecule has 1 atom stereocenters. The van der Waals surface area contributed by atoms with Crippen LogP contribution in [0.4, 0.5) is 0 Å². The summed E-state index contributed by atoms with van der Waals surface area (Å²) in [7, 11) is -3.49. The van der Waals surface area contributed by atoms with Crippen LogP contribution >= 0.6 is 27.3 Å². The van der Waals surface area contributed by atoms with Gasteiger partial charge < -0.3 is 9.47 Å². The average Bonchev–Trinajstić information content (AvgIpc) is 2.82. The summed E-state index contributed by atoms with van der Waals surface area (Å²) in [5.74, 6) is -0.639. The van der Waals surface area contributed by atoms with E-state index in [1.807, 2.05) is 0 Å². The molecule has 1 N–H and O–H groups in total. The minimum atomic E-state index is -3.49. The summed E-state index contributed by atoms with van der Waals surface area (Å²) in [4.78, 5) is 0. The van der Waals surface area contributed by atoms with E-state index >= 15 is 0 Å². The third kappa shape index (κ3) is 3.31. The molecule has 1 saturated heterocycles. The molecule has 5 nitrogen and oxygen atoms in total. The predicted octanol–water partition coefficient (Wildman–Crippen LogP) is 1.94. The fourth-order valence-corrected chi connectivity index (χ4v) is 5.05.